The minimum atomic E-state index is 0.102. The summed E-state index contributed by atoms with van der Waals surface area (Å²) in [4.78, 5) is 32.7. The Morgan fingerprint density at radius 3 is 2.40 bits per heavy atom. The highest BCUT2D eigenvalue weighted by atomic mass is 32.1. The predicted molar refractivity (Wildman–Crippen MR) is 121 cm³/mol. The normalized spacial score (nSPS) is 17.3. The third kappa shape index (κ3) is 5.37. The lowest BCUT2D eigenvalue weighted by molar-refractivity contribution is -0.138. The number of carbonyl (C=O) groups excluding carboxylic acids is 2. The van der Waals surface area contributed by atoms with Crippen LogP contribution in [0.2, 0.25) is 0 Å². The lowest BCUT2D eigenvalue weighted by Gasteiger charge is -2.34. The Morgan fingerprint density at radius 1 is 0.900 bits per heavy atom. The minimum Gasteiger partial charge on any atom is -0.340 e. The van der Waals surface area contributed by atoms with Gasteiger partial charge in [0, 0.05) is 63.5 Å². The molecule has 2 amide bonds. The molecule has 2 aliphatic rings. The van der Waals surface area contributed by atoms with Gasteiger partial charge in [0.05, 0.1) is 0 Å². The smallest absolute Gasteiger partial charge is 0.223 e. The summed E-state index contributed by atoms with van der Waals surface area (Å²) in [6, 6.07) is 12.4. The van der Waals surface area contributed by atoms with E-state index in [2.05, 4.69) is 40.6 Å². The maximum absolute atomic E-state index is 12.6. The molecule has 3 heterocycles. The number of nitrogens with zero attached hydrogens (tertiary/aromatic N) is 3. The number of fused-ring (bicyclic) bond motifs is 1. The highest BCUT2D eigenvalue weighted by Crippen LogP contribution is 2.24. The third-order valence-corrected chi connectivity index (χ3v) is 6.93. The van der Waals surface area contributed by atoms with Crippen LogP contribution in [0.25, 0.3) is 6.08 Å². The zero-order chi connectivity index (χ0) is 20.8. The van der Waals surface area contributed by atoms with Crippen molar-refractivity contribution in [3.05, 3.63) is 63.9 Å². The maximum atomic E-state index is 12.6. The number of rotatable bonds is 6. The van der Waals surface area contributed by atoms with Gasteiger partial charge in [0.25, 0.3) is 0 Å². The van der Waals surface area contributed by atoms with Crippen molar-refractivity contribution < 1.29 is 9.59 Å². The van der Waals surface area contributed by atoms with Crippen molar-refractivity contribution in [3.8, 4) is 0 Å². The molecule has 2 aliphatic heterocycles. The third-order valence-electron chi connectivity index (χ3n) is 5.91. The second-order valence-corrected chi connectivity index (χ2v) is 8.93. The molecule has 30 heavy (non-hydrogen) atoms. The topological polar surface area (TPSA) is 43.9 Å². The molecule has 0 bridgehead atoms. The van der Waals surface area contributed by atoms with Crippen molar-refractivity contribution in [3.63, 3.8) is 0 Å². The summed E-state index contributed by atoms with van der Waals surface area (Å²) in [5.41, 5.74) is 2.48. The van der Waals surface area contributed by atoms with Crippen LogP contribution in [0.5, 0.6) is 0 Å². The Labute approximate surface area is 182 Å². The molecule has 1 saturated heterocycles. The van der Waals surface area contributed by atoms with Gasteiger partial charge in [-0.2, -0.15) is 0 Å². The molecule has 6 heteroatoms. The number of hydrogen-bond acceptors (Lipinski definition) is 4. The van der Waals surface area contributed by atoms with Crippen LogP contribution in [0, 0.1) is 0 Å². The molecule has 0 saturated carbocycles. The largest absolute Gasteiger partial charge is 0.340 e. The summed E-state index contributed by atoms with van der Waals surface area (Å²) >= 11 is 1.77. The molecule has 1 aromatic carbocycles. The van der Waals surface area contributed by atoms with E-state index in [1.165, 1.54) is 16.0 Å². The van der Waals surface area contributed by atoms with Gasteiger partial charge < -0.3 is 9.80 Å². The monoisotopic (exact) mass is 423 g/mol. The van der Waals surface area contributed by atoms with E-state index in [1.807, 2.05) is 28.0 Å². The molecule has 4 rings (SSSR count). The summed E-state index contributed by atoms with van der Waals surface area (Å²) < 4.78 is 0. The average Bonchev–Trinajstić information content (AvgIpc) is 3.26. The van der Waals surface area contributed by atoms with Gasteiger partial charge in [0.15, 0.2) is 0 Å². The van der Waals surface area contributed by atoms with Gasteiger partial charge in [-0.05, 0) is 29.0 Å². The van der Waals surface area contributed by atoms with Crippen LogP contribution in [-0.2, 0) is 22.6 Å². The van der Waals surface area contributed by atoms with Crippen molar-refractivity contribution in [2.75, 3.05) is 39.3 Å². The summed E-state index contributed by atoms with van der Waals surface area (Å²) in [6.07, 6.45) is 5.90. The molecule has 5 nitrogen and oxygen atoms in total. The quantitative estimate of drug-likeness (QED) is 0.716. The van der Waals surface area contributed by atoms with Gasteiger partial charge in [0.2, 0.25) is 11.8 Å². The number of carbonyl (C=O) groups is 2. The van der Waals surface area contributed by atoms with Gasteiger partial charge in [-0.15, -0.1) is 11.3 Å². The molecule has 0 radical (unpaired) electrons. The first-order chi connectivity index (χ1) is 14.7. The zero-order valence-corrected chi connectivity index (χ0v) is 18.2. The molecule has 0 N–H and O–H groups in total. The molecule has 2 aromatic rings. The van der Waals surface area contributed by atoms with E-state index in [9.17, 15) is 9.59 Å². The van der Waals surface area contributed by atoms with Crippen LogP contribution in [-0.4, -0.2) is 65.8 Å². The van der Waals surface area contributed by atoms with Gasteiger partial charge in [-0.3, -0.25) is 14.5 Å². The van der Waals surface area contributed by atoms with Gasteiger partial charge in [0.1, 0.15) is 0 Å². The number of piperazine rings is 1. The average molecular weight is 424 g/mol. The van der Waals surface area contributed by atoms with Crippen LogP contribution in [0.15, 0.2) is 47.9 Å². The van der Waals surface area contributed by atoms with Gasteiger partial charge in [-0.1, -0.05) is 42.5 Å². The highest BCUT2D eigenvalue weighted by molar-refractivity contribution is 7.10. The summed E-state index contributed by atoms with van der Waals surface area (Å²) in [7, 11) is 0. The molecular weight excluding hydrogens is 394 g/mol. The van der Waals surface area contributed by atoms with Crippen LogP contribution in [0.4, 0.5) is 0 Å². The van der Waals surface area contributed by atoms with E-state index in [1.54, 1.807) is 11.3 Å². The summed E-state index contributed by atoms with van der Waals surface area (Å²) in [5, 5.41) is 2.10. The molecule has 0 aliphatic carbocycles. The number of amides is 2. The van der Waals surface area contributed by atoms with Gasteiger partial charge >= 0.3 is 0 Å². The van der Waals surface area contributed by atoms with Crippen LogP contribution in [0.3, 0.4) is 0 Å². The Kier molecular flexibility index (Phi) is 6.97. The standard InChI is InChI=1S/C24H29N3O2S/c28-23(8-9-24(29)27-13-10-22-21(19-27)11-18-30-22)26-16-14-25(15-17-26)12-4-7-20-5-2-1-3-6-20/h1-7,11,18H,8-10,12-17,19H2. The lowest BCUT2D eigenvalue weighted by atomic mass is 10.1. The predicted octanol–water partition coefficient (Wildman–Crippen LogP) is 3.27. The van der Waals surface area contributed by atoms with Crippen molar-refractivity contribution in [2.45, 2.75) is 25.8 Å². The molecule has 1 aromatic heterocycles. The molecule has 158 valence electrons. The first-order valence-electron chi connectivity index (χ1n) is 10.7. The van der Waals surface area contributed by atoms with E-state index in [0.29, 0.717) is 19.4 Å². The fourth-order valence-corrected chi connectivity index (χ4v) is 4.96. The Morgan fingerprint density at radius 2 is 1.63 bits per heavy atom. The summed E-state index contributed by atoms with van der Waals surface area (Å²) in [5.74, 6) is 0.209. The first kappa shape index (κ1) is 20.8. The van der Waals surface area contributed by atoms with E-state index >= 15 is 0 Å². The van der Waals surface area contributed by atoms with Crippen LogP contribution < -0.4 is 0 Å². The van der Waals surface area contributed by atoms with E-state index in [4.69, 9.17) is 0 Å². The Bertz CT molecular complexity index is 885. The van der Waals surface area contributed by atoms with Crippen molar-refractivity contribution >= 4 is 29.2 Å². The Balaban J connectivity index is 1.16. The molecular formula is C24H29N3O2S. The number of benzene rings is 1. The second kappa shape index (κ2) is 10.0. The summed E-state index contributed by atoms with van der Waals surface area (Å²) in [6.45, 7) is 5.62. The SMILES string of the molecule is O=C(CCC(=O)N1CCc2sccc2C1)N1CCN(CC=Cc2ccccc2)CC1. The second-order valence-electron chi connectivity index (χ2n) is 7.93. The molecule has 0 atom stereocenters. The van der Waals surface area contributed by atoms with E-state index < -0.39 is 0 Å². The van der Waals surface area contributed by atoms with E-state index in [-0.39, 0.29) is 11.8 Å². The van der Waals surface area contributed by atoms with E-state index in [0.717, 1.165) is 45.7 Å². The lowest BCUT2D eigenvalue weighted by Crippen LogP contribution is -2.48. The fraction of sp³-hybridized carbons (Fsp3) is 0.417. The number of thiophene rings is 1. The van der Waals surface area contributed by atoms with Crippen molar-refractivity contribution in [2.24, 2.45) is 0 Å². The maximum Gasteiger partial charge on any atom is 0.223 e. The minimum absolute atomic E-state index is 0.102. The fourth-order valence-electron chi connectivity index (χ4n) is 4.07. The highest BCUT2D eigenvalue weighted by Gasteiger charge is 2.24. The van der Waals surface area contributed by atoms with Gasteiger partial charge in [-0.25, -0.2) is 0 Å². The molecule has 1 fully saturated rings. The first-order valence-corrected chi connectivity index (χ1v) is 11.6. The van der Waals surface area contributed by atoms with Crippen LogP contribution in [0.1, 0.15) is 28.8 Å². The van der Waals surface area contributed by atoms with Crippen molar-refractivity contribution in [1.82, 2.24) is 14.7 Å². The molecule has 0 unspecified atom stereocenters. The number of hydrogen-bond donors (Lipinski definition) is 0. The molecule has 0 spiro atoms. The van der Waals surface area contributed by atoms with Crippen molar-refractivity contribution in [1.29, 1.82) is 0 Å². The zero-order valence-electron chi connectivity index (χ0n) is 17.3. The Hall–Kier alpha value is -2.44. The van der Waals surface area contributed by atoms with Crippen LogP contribution >= 0.6 is 11.3 Å².